The minimum Gasteiger partial charge on any atom is -0.357 e. The Labute approximate surface area is 166 Å². The Kier molecular flexibility index (Phi) is 9.19. The lowest BCUT2D eigenvalue weighted by molar-refractivity contribution is -0.140. The first kappa shape index (κ1) is 21.7. The average molecular weight is 484 g/mol. The van der Waals surface area contributed by atoms with Gasteiger partial charge in [0, 0.05) is 18.5 Å². The van der Waals surface area contributed by atoms with Crippen LogP contribution in [0.5, 0.6) is 0 Å². The number of hydrogen-bond donors (Lipinski definition) is 2. The van der Waals surface area contributed by atoms with Gasteiger partial charge in [-0.05, 0) is 18.9 Å². The van der Waals surface area contributed by atoms with Gasteiger partial charge in [-0.3, -0.25) is 0 Å². The van der Waals surface area contributed by atoms with E-state index in [-0.39, 0.29) is 30.5 Å². The molecule has 9 heteroatoms. The summed E-state index contributed by atoms with van der Waals surface area (Å²) in [6, 6.07) is 10.0. The molecule has 0 spiro atoms. The lowest BCUT2D eigenvalue weighted by Gasteiger charge is -2.10. The second-order valence-corrected chi connectivity index (χ2v) is 5.92. The third kappa shape index (κ3) is 7.59. The van der Waals surface area contributed by atoms with Crippen molar-refractivity contribution in [3.63, 3.8) is 0 Å². The molecular weight excluding hydrogens is 464 g/mol. The summed E-state index contributed by atoms with van der Waals surface area (Å²) in [7, 11) is 0. The molecule has 0 amide bonds. The number of aromatic nitrogens is 1. The highest BCUT2D eigenvalue weighted by atomic mass is 127. The average Bonchev–Trinajstić information content (AvgIpc) is 3.03. The molecule has 138 valence electrons. The fourth-order valence-corrected chi connectivity index (χ4v) is 2.70. The van der Waals surface area contributed by atoms with Crippen LogP contribution in [0.2, 0.25) is 0 Å². The Morgan fingerprint density at radius 2 is 1.92 bits per heavy atom. The number of halogens is 4. The first-order valence-corrected chi connectivity index (χ1v) is 8.44. The zero-order valence-corrected chi connectivity index (χ0v) is 16.8. The fourth-order valence-electron chi connectivity index (χ4n) is 1.97. The van der Waals surface area contributed by atoms with Crippen LogP contribution in [0.4, 0.5) is 13.2 Å². The zero-order valence-electron chi connectivity index (χ0n) is 13.6. The van der Waals surface area contributed by atoms with Gasteiger partial charge in [-0.25, -0.2) is 9.98 Å². The standard InChI is InChI=1S/C16H19F3N4S.HI/c1-2-20-15(21-9-8-12-6-4-3-5-7-12)22-10-14-23-13(11-24-14)16(17,18)19;/h3-7,11H,2,8-10H2,1H3,(H2,20,21,22);1H. The third-order valence-corrected chi connectivity index (χ3v) is 3.94. The molecule has 2 rings (SSSR count). The second-order valence-electron chi connectivity index (χ2n) is 4.98. The van der Waals surface area contributed by atoms with Gasteiger partial charge in [0.15, 0.2) is 11.7 Å². The quantitative estimate of drug-likeness (QED) is 0.369. The van der Waals surface area contributed by atoms with Crippen LogP contribution in [-0.2, 0) is 19.1 Å². The Morgan fingerprint density at radius 1 is 1.20 bits per heavy atom. The fraction of sp³-hybridized carbons (Fsp3) is 0.375. The molecule has 0 saturated carbocycles. The van der Waals surface area contributed by atoms with Crippen LogP contribution in [0.25, 0.3) is 0 Å². The van der Waals surface area contributed by atoms with E-state index in [0.29, 0.717) is 24.1 Å². The SMILES string of the molecule is CCNC(=NCc1nc(C(F)(F)F)cs1)NCCc1ccccc1.I. The highest BCUT2D eigenvalue weighted by molar-refractivity contribution is 14.0. The highest BCUT2D eigenvalue weighted by Crippen LogP contribution is 2.30. The van der Waals surface area contributed by atoms with E-state index in [4.69, 9.17) is 0 Å². The molecule has 0 radical (unpaired) electrons. The van der Waals surface area contributed by atoms with Gasteiger partial charge in [0.2, 0.25) is 0 Å². The summed E-state index contributed by atoms with van der Waals surface area (Å²) >= 11 is 0.963. The molecule has 0 aliphatic rings. The molecule has 2 N–H and O–H groups in total. The van der Waals surface area contributed by atoms with Gasteiger partial charge < -0.3 is 10.6 Å². The van der Waals surface area contributed by atoms with E-state index < -0.39 is 11.9 Å². The van der Waals surface area contributed by atoms with Gasteiger partial charge in [-0.2, -0.15) is 13.2 Å². The molecule has 0 aliphatic carbocycles. The van der Waals surface area contributed by atoms with Gasteiger partial charge in [-0.1, -0.05) is 30.3 Å². The number of nitrogens with one attached hydrogen (secondary N) is 2. The summed E-state index contributed by atoms with van der Waals surface area (Å²) in [4.78, 5) is 7.86. The van der Waals surface area contributed by atoms with E-state index in [1.807, 2.05) is 37.3 Å². The maximum Gasteiger partial charge on any atom is 0.434 e. The summed E-state index contributed by atoms with van der Waals surface area (Å²) in [6.45, 7) is 3.39. The van der Waals surface area contributed by atoms with Crippen LogP contribution in [0.3, 0.4) is 0 Å². The number of guanidine groups is 1. The maximum atomic E-state index is 12.5. The lowest BCUT2D eigenvalue weighted by Crippen LogP contribution is -2.38. The summed E-state index contributed by atoms with van der Waals surface area (Å²) in [5, 5.41) is 7.59. The summed E-state index contributed by atoms with van der Waals surface area (Å²) < 4.78 is 37.6. The summed E-state index contributed by atoms with van der Waals surface area (Å²) in [5.74, 6) is 0.567. The topological polar surface area (TPSA) is 49.3 Å². The molecule has 1 aromatic carbocycles. The molecule has 1 aromatic heterocycles. The number of rotatable bonds is 6. The largest absolute Gasteiger partial charge is 0.434 e. The van der Waals surface area contributed by atoms with Crippen molar-refractivity contribution in [2.45, 2.75) is 26.1 Å². The minimum absolute atomic E-state index is 0. The number of alkyl halides is 3. The van der Waals surface area contributed by atoms with Crippen LogP contribution in [0.1, 0.15) is 23.2 Å². The van der Waals surface area contributed by atoms with Gasteiger partial charge in [0.05, 0.1) is 6.54 Å². The number of thiazole rings is 1. The number of hydrogen-bond acceptors (Lipinski definition) is 3. The van der Waals surface area contributed by atoms with Crippen LogP contribution >= 0.6 is 35.3 Å². The van der Waals surface area contributed by atoms with Gasteiger partial charge in [0.25, 0.3) is 0 Å². The molecule has 0 bridgehead atoms. The van der Waals surface area contributed by atoms with Crippen LogP contribution < -0.4 is 10.6 Å². The number of benzene rings is 1. The Bertz CT molecular complexity index is 659. The lowest BCUT2D eigenvalue weighted by atomic mass is 10.1. The predicted molar refractivity (Wildman–Crippen MR) is 105 cm³/mol. The highest BCUT2D eigenvalue weighted by Gasteiger charge is 2.33. The molecule has 0 saturated heterocycles. The van der Waals surface area contributed by atoms with Crippen molar-refractivity contribution in [2.24, 2.45) is 4.99 Å². The van der Waals surface area contributed by atoms with Crippen molar-refractivity contribution in [3.8, 4) is 0 Å². The molecule has 2 aromatic rings. The molecule has 25 heavy (non-hydrogen) atoms. The molecule has 0 aliphatic heterocycles. The van der Waals surface area contributed by atoms with E-state index >= 15 is 0 Å². The van der Waals surface area contributed by atoms with Crippen LogP contribution in [0, 0.1) is 0 Å². The van der Waals surface area contributed by atoms with Crippen LogP contribution in [0.15, 0.2) is 40.7 Å². The summed E-state index contributed by atoms with van der Waals surface area (Å²) in [6.07, 6.45) is -3.57. The maximum absolute atomic E-state index is 12.5. The Morgan fingerprint density at radius 3 is 2.52 bits per heavy atom. The van der Waals surface area contributed by atoms with Gasteiger partial charge >= 0.3 is 6.18 Å². The zero-order chi connectivity index (χ0) is 17.4. The first-order chi connectivity index (χ1) is 11.5. The minimum atomic E-state index is -4.41. The second kappa shape index (κ2) is 10.6. The van der Waals surface area contributed by atoms with Gasteiger partial charge in [0.1, 0.15) is 5.01 Å². The van der Waals surface area contributed by atoms with E-state index in [1.165, 1.54) is 5.56 Å². The third-order valence-electron chi connectivity index (χ3n) is 3.11. The van der Waals surface area contributed by atoms with Crippen molar-refractivity contribution in [1.82, 2.24) is 15.6 Å². The molecule has 0 unspecified atom stereocenters. The molecule has 0 fully saturated rings. The number of aliphatic imine (C=N–C) groups is 1. The monoisotopic (exact) mass is 484 g/mol. The van der Waals surface area contributed by atoms with Crippen molar-refractivity contribution < 1.29 is 13.2 Å². The molecule has 0 atom stereocenters. The van der Waals surface area contributed by atoms with E-state index in [2.05, 4.69) is 20.6 Å². The Balaban J connectivity index is 0.00000312. The predicted octanol–water partition coefficient (Wildman–Crippen LogP) is 4.08. The molecule has 1 heterocycles. The van der Waals surface area contributed by atoms with E-state index in [1.54, 1.807) is 0 Å². The molecular formula is C16H20F3IN4S. The number of nitrogens with zero attached hydrogens (tertiary/aromatic N) is 2. The first-order valence-electron chi connectivity index (χ1n) is 7.56. The molecule has 4 nitrogen and oxygen atoms in total. The van der Waals surface area contributed by atoms with Crippen molar-refractivity contribution in [3.05, 3.63) is 52.0 Å². The Hall–Kier alpha value is -1.36. The summed E-state index contributed by atoms with van der Waals surface area (Å²) in [5.41, 5.74) is 0.343. The van der Waals surface area contributed by atoms with Crippen molar-refractivity contribution >= 4 is 41.3 Å². The van der Waals surface area contributed by atoms with Crippen molar-refractivity contribution in [2.75, 3.05) is 13.1 Å². The van der Waals surface area contributed by atoms with Crippen molar-refractivity contribution in [1.29, 1.82) is 0 Å². The normalized spacial score (nSPS) is 11.8. The van der Waals surface area contributed by atoms with E-state index in [9.17, 15) is 13.2 Å². The van der Waals surface area contributed by atoms with Crippen LogP contribution in [-0.4, -0.2) is 24.0 Å². The van der Waals surface area contributed by atoms with Gasteiger partial charge in [-0.15, -0.1) is 35.3 Å². The van der Waals surface area contributed by atoms with E-state index in [0.717, 1.165) is 23.1 Å². The smallest absolute Gasteiger partial charge is 0.357 e.